The first-order valence-corrected chi connectivity index (χ1v) is 9.56. The maximum atomic E-state index is 3.37. The van der Waals surface area contributed by atoms with Gasteiger partial charge in [0.25, 0.3) is 0 Å². The van der Waals surface area contributed by atoms with Crippen molar-refractivity contribution in [1.29, 1.82) is 0 Å². The predicted molar refractivity (Wildman–Crippen MR) is 113 cm³/mol. The summed E-state index contributed by atoms with van der Waals surface area (Å²) in [6, 6.07) is 0.775. The van der Waals surface area contributed by atoms with E-state index in [-0.39, 0.29) is 14.9 Å². The highest BCUT2D eigenvalue weighted by molar-refractivity contribution is 4.70. The van der Waals surface area contributed by atoms with E-state index in [9.17, 15) is 0 Å². The standard InChI is InChI=1S/C8H17N.C7H15N.2C2H6.2CH4/c1-7(2)8-3-5-9-6-4-8;1-7(2)8-5-3-4-6-8;2*1-2;;/h7-9H,3-6H2,1-2H3;7H,3-6H2,1-2H3;2*1-2H3;2*1H4. The maximum Gasteiger partial charge on any atom is 0.00385 e. The maximum absolute atomic E-state index is 3.37. The molecule has 2 aliphatic heterocycles. The van der Waals surface area contributed by atoms with E-state index in [1.165, 1.54) is 51.9 Å². The van der Waals surface area contributed by atoms with Gasteiger partial charge < -0.3 is 10.2 Å². The second kappa shape index (κ2) is 21.9. The molecule has 0 amide bonds. The fourth-order valence-corrected chi connectivity index (χ4v) is 2.77. The minimum absolute atomic E-state index is 0. The number of piperidine rings is 1. The largest absolute Gasteiger partial charge is 0.317 e. The molecule has 146 valence electrons. The van der Waals surface area contributed by atoms with Gasteiger partial charge in [-0.3, -0.25) is 0 Å². The van der Waals surface area contributed by atoms with Gasteiger partial charge in [0.1, 0.15) is 0 Å². The second-order valence-corrected chi connectivity index (χ2v) is 6.17. The number of hydrogen-bond acceptors (Lipinski definition) is 2. The van der Waals surface area contributed by atoms with E-state index in [2.05, 4.69) is 37.9 Å². The van der Waals surface area contributed by atoms with Crippen molar-refractivity contribution in [1.82, 2.24) is 10.2 Å². The Balaban J connectivity index is -0.000000121. The summed E-state index contributed by atoms with van der Waals surface area (Å²) in [5.41, 5.74) is 0. The monoisotopic (exact) mass is 332 g/mol. The Hall–Kier alpha value is -0.0800. The molecule has 23 heavy (non-hydrogen) atoms. The Morgan fingerprint density at radius 1 is 0.783 bits per heavy atom. The molecule has 0 saturated carbocycles. The molecule has 0 aromatic carbocycles. The molecule has 0 spiro atoms. The van der Waals surface area contributed by atoms with Crippen LogP contribution in [0.1, 0.15) is 95.9 Å². The zero-order valence-electron chi connectivity index (χ0n) is 16.3. The van der Waals surface area contributed by atoms with Crippen molar-refractivity contribution >= 4 is 0 Å². The van der Waals surface area contributed by atoms with Crippen molar-refractivity contribution < 1.29 is 0 Å². The van der Waals surface area contributed by atoms with Crippen molar-refractivity contribution in [2.75, 3.05) is 26.2 Å². The van der Waals surface area contributed by atoms with E-state index in [4.69, 9.17) is 0 Å². The Kier molecular flexibility index (Phi) is 29.3. The molecule has 0 aromatic heterocycles. The van der Waals surface area contributed by atoms with Crippen molar-refractivity contribution in [3.63, 3.8) is 0 Å². The molecule has 0 aliphatic carbocycles. The highest BCUT2D eigenvalue weighted by Gasteiger charge is 2.15. The summed E-state index contributed by atoms with van der Waals surface area (Å²) in [5, 5.41) is 3.37. The Labute approximate surface area is 150 Å². The Morgan fingerprint density at radius 2 is 1.17 bits per heavy atom. The Morgan fingerprint density at radius 3 is 1.39 bits per heavy atom. The SMILES string of the molecule is C.C.CC.CC.CC(C)C1CCNCC1.CC(C)N1CCCC1. The first kappa shape index (κ1) is 30.8. The van der Waals surface area contributed by atoms with Crippen molar-refractivity contribution in [2.45, 2.75) is 102 Å². The van der Waals surface area contributed by atoms with E-state index in [1.807, 2.05) is 27.7 Å². The normalized spacial score (nSPS) is 17.5. The first-order valence-electron chi connectivity index (χ1n) is 9.56. The molecule has 0 radical (unpaired) electrons. The van der Waals surface area contributed by atoms with E-state index in [0.717, 1.165) is 17.9 Å². The fraction of sp³-hybridized carbons (Fsp3) is 1.00. The molecular weight excluding hydrogens is 280 g/mol. The molecule has 2 heterocycles. The molecule has 2 aliphatic rings. The number of rotatable bonds is 2. The first-order chi connectivity index (χ1) is 10.1. The minimum atomic E-state index is 0. The van der Waals surface area contributed by atoms with Gasteiger partial charge in [0, 0.05) is 6.04 Å². The number of nitrogens with zero attached hydrogens (tertiary/aromatic N) is 1. The highest BCUT2D eigenvalue weighted by Crippen LogP contribution is 2.20. The summed E-state index contributed by atoms with van der Waals surface area (Å²) in [6.07, 6.45) is 5.60. The van der Waals surface area contributed by atoms with Crippen LogP contribution in [-0.2, 0) is 0 Å². The van der Waals surface area contributed by atoms with Crippen molar-refractivity contribution in [2.24, 2.45) is 11.8 Å². The molecule has 2 heteroatoms. The van der Waals surface area contributed by atoms with Crippen LogP contribution in [0, 0.1) is 11.8 Å². The number of hydrogen-bond donors (Lipinski definition) is 1. The smallest absolute Gasteiger partial charge is 0.00385 e. The lowest BCUT2D eigenvalue weighted by Crippen LogP contribution is -2.29. The van der Waals surface area contributed by atoms with Crippen LogP contribution in [0.3, 0.4) is 0 Å². The molecule has 0 bridgehead atoms. The quantitative estimate of drug-likeness (QED) is 0.624. The molecule has 2 nitrogen and oxygen atoms in total. The molecule has 2 fully saturated rings. The van der Waals surface area contributed by atoms with Crippen LogP contribution in [0.5, 0.6) is 0 Å². The third kappa shape index (κ3) is 16.6. The minimum Gasteiger partial charge on any atom is -0.317 e. The lowest BCUT2D eigenvalue weighted by Gasteiger charge is -2.25. The van der Waals surface area contributed by atoms with Crippen LogP contribution < -0.4 is 5.32 Å². The summed E-state index contributed by atoms with van der Waals surface area (Å²) in [5.74, 6) is 1.89. The van der Waals surface area contributed by atoms with Crippen molar-refractivity contribution in [3.8, 4) is 0 Å². The molecule has 1 N–H and O–H groups in total. The van der Waals surface area contributed by atoms with Gasteiger partial charge in [0.15, 0.2) is 0 Å². The molecule has 0 atom stereocenters. The van der Waals surface area contributed by atoms with Crippen LogP contribution in [0.4, 0.5) is 0 Å². The zero-order valence-corrected chi connectivity index (χ0v) is 16.3. The van der Waals surface area contributed by atoms with E-state index in [1.54, 1.807) is 0 Å². The average molecular weight is 333 g/mol. The van der Waals surface area contributed by atoms with Gasteiger partial charge >= 0.3 is 0 Å². The summed E-state index contributed by atoms with van der Waals surface area (Å²) < 4.78 is 0. The number of likely N-dealkylation sites (tertiary alicyclic amines) is 1. The zero-order chi connectivity index (χ0) is 16.7. The van der Waals surface area contributed by atoms with Gasteiger partial charge in [-0.2, -0.15) is 0 Å². The van der Waals surface area contributed by atoms with E-state index >= 15 is 0 Å². The molecule has 0 unspecified atom stereocenters. The van der Waals surface area contributed by atoms with Crippen LogP contribution in [0.15, 0.2) is 0 Å². The van der Waals surface area contributed by atoms with E-state index in [0.29, 0.717) is 0 Å². The van der Waals surface area contributed by atoms with Gasteiger partial charge in [0.2, 0.25) is 0 Å². The van der Waals surface area contributed by atoms with Crippen LogP contribution in [-0.4, -0.2) is 37.1 Å². The lowest BCUT2D eigenvalue weighted by atomic mass is 9.87. The molecule has 0 aromatic rings. The summed E-state index contributed by atoms with van der Waals surface area (Å²) >= 11 is 0. The predicted octanol–water partition coefficient (Wildman–Crippen LogP) is 6.46. The summed E-state index contributed by atoms with van der Waals surface area (Å²) in [6.45, 7) is 22.3. The van der Waals surface area contributed by atoms with Gasteiger partial charge in [0.05, 0.1) is 0 Å². The molecule has 2 saturated heterocycles. The van der Waals surface area contributed by atoms with Crippen LogP contribution in [0.25, 0.3) is 0 Å². The molecule has 2 rings (SSSR count). The second-order valence-electron chi connectivity index (χ2n) is 6.17. The highest BCUT2D eigenvalue weighted by atomic mass is 15.2. The Bertz CT molecular complexity index is 178. The van der Waals surface area contributed by atoms with Gasteiger partial charge in [-0.25, -0.2) is 0 Å². The lowest BCUT2D eigenvalue weighted by molar-refractivity contribution is 0.276. The van der Waals surface area contributed by atoms with Crippen LogP contribution >= 0.6 is 0 Å². The van der Waals surface area contributed by atoms with Gasteiger partial charge in [-0.15, -0.1) is 0 Å². The summed E-state index contributed by atoms with van der Waals surface area (Å²) in [4.78, 5) is 2.53. The third-order valence-electron chi connectivity index (χ3n) is 4.20. The molecular formula is C21H52N2. The van der Waals surface area contributed by atoms with Gasteiger partial charge in [-0.1, -0.05) is 56.4 Å². The van der Waals surface area contributed by atoms with Crippen LogP contribution in [0.2, 0.25) is 0 Å². The van der Waals surface area contributed by atoms with Crippen molar-refractivity contribution in [3.05, 3.63) is 0 Å². The average Bonchev–Trinajstić information content (AvgIpc) is 3.07. The summed E-state index contributed by atoms with van der Waals surface area (Å²) in [7, 11) is 0. The third-order valence-corrected chi connectivity index (χ3v) is 4.20. The van der Waals surface area contributed by atoms with E-state index < -0.39 is 0 Å². The fourth-order valence-electron chi connectivity index (χ4n) is 2.77. The van der Waals surface area contributed by atoms with Gasteiger partial charge in [-0.05, 0) is 77.5 Å². The topological polar surface area (TPSA) is 15.3 Å². The number of nitrogens with one attached hydrogen (secondary N) is 1.